The number of nitrogens with zero attached hydrogens (tertiary/aromatic N) is 1. The van der Waals surface area contributed by atoms with E-state index in [1.54, 1.807) is 0 Å². The molecule has 4 nitrogen and oxygen atoms in total. The summed E-state index contributed by atoms with van der Waals surface area (Å²) in [4.78, 5) is 0.369. The second kappa shape index (κ2) is 11.0. The van der Waals surface area contributed by atoms with Gasteiger partial charge in [-0.3, -0.25) is 0 Å². The monoisotopic (exact) mass is 488 g/mol. The normalized spacial score (nSPS) is 17.3. The molecule has 1 aromatic heterocycles. The fourth-order valence-corrected chi connectivity index (χ4v) is 5.78. The lowest BCUT2D eigenvalue weighted by atomic mass is 9.80. The number of allylic oxidation sites excluding steroid dienone is 5. The van der Waals surface area contributed by atoms with Gasteiger partial charge in [0.1, 0.15) is 4.90 Å². The molecule has 0 spiro atoms. The Balaban J connectivity index is 2.62. The Hall–Kier alpha value is -1.59. The summed E-state index contributed by atoms with van der Waals surface area (Å²) in [5, 5.41) is 0. The zero-order valence-electron chi connectivity index (χ0n) is 23.1. The van der Waals surface area contributed by atoms with Gasteiger partial charge in [-0.1, -0.05) is 86.0 Å². The van der Waals surface area contributed by atoms with E-state index in [0.29, 0.717) is 17.4 Å². The van der Waals surface area contributed by atoms with Gasteiger partial charge >= 0.3 is 0 Å². The largest absolute Gasteiger partial charge is 0.343 e. The lowest BCUT2D eigenvalue weighted by molar-refractivity contribution is 0.316. The van der Waals surface area contributed by atoms with Gasteiger partial charge in [0.05, 0.1) is 0 Å². The van der Waals surface area contributed by atoms with Crippen LogP contribution in [-0.4, -0.2) is 19.5 Å². The van der Waals surface area contributed by atoms with Crippen LogP contribution in [0.15, 0.2) is 40.8 Å². The van der Waals surface area contributed by atoms with Crippen LogP contribution in [0, 0.1) is 23.7 Å². The number of nitrogens with one attached hydrogen (secondary N) is 1. The Labute approximate surface area is 209 Å². The summed E-state index contributed by atoms with van der Waals surface area (Å²) in [6, 6.07) is 1.83. The van der Waals surface area contributed by atoms with Crippen molar-refractivity contribution in [3.63, 3.8) is 0 Å². The predicted octanol–water partition coefficient (Wildman–Crippen LogP) is 7.65. The van der Waals surface area contributed by atoms with Gasteiger partial charge in [0.2, 0.25) is 10.0 Å². The van der Waals surface area contributed by atoms with Crippen molar-refractivity contribution in [1.82, 2.24) is 9.29 Å². The molecule has 5 heteroatoms. The minimum absolute atomic E-state index is 0.0655. The highest BCUT2D eigenvalue weighted by Gasteiger charge is 2.26. The number of rotatable bonds is 8. The fraction of sp³-hybridized carbons (Fsp3) is 0.655. The summed E-state index contributed by atoms with van der Waals surface area (Å²) >= 11 is 0. The zero-order chi connectivity index (χ0) is 25.9. The van der Waals surface area contributed by atoms with Gasteiger partial charge in [-0.15, -0.1) is 0 Å². The summed E-state index contributed by atoms with van der Waals surface area (Å²) in [6.45, 7) is 24.9. The van der Waals surface area contributed by atoms with Crippen LogP contribution in [0.25, 0.3) is 5.57 Å². The molecular formula is C29H48N2O2S. The van der Waals surface area contributed by atoms with E-state index in [-0.39, 0.29) is 10.8 Å². The Morgan fingerprint density at radius 2 is 1.68 bits per heavy atom. The highest BCUT2D eigenvalue weighted by Crippen LogP contribution is 2.36. The van der Waals surface area contributed by atoms with Crippen molar-refractivity contribution < 1.29 is 8.42 Å². The molecule has 1 heterocycles. The fourth-order valence-electron chi connectivity index (χ4n) is 4.48. The van der Waals surface area contributed by atoms with E-state index in [0.717, 1.165) is 23.5 Å². The van der Waals surface area contributed by atoms with Gasteiger partial charge < -0.3 is 4.57 Å². The van der Waals surface area contributed by atoms with E-state index in [4.69, 9.17) is 0 Å². The molecule has 1 aliphatic rings. The third kappa shape index (κ3) is 7.21. The maximum Gasteiger partial charge on any atom is 0.242 e. The van der Waals surface area contributed by atoms with Crippen LogP contribution in [0.3, 0.4) is 0 Å². The molecule has 0 amide bonds. The Bertz CT molecular complexity index is 1040. The molecule has 0 saturated heterocycles. The van der Waals surface area contributed by atoms with E-state index in [1.807, 2.05) is 19.9 Å². The van der Waals surface area contributed by atoms with Gasteiger partial charge in [-0.05, 0) is 66.7 Å². The first-order valence-corrected chi connectivity index (χ1v) is 14.4. The molecule has 0 atom stereocenters. The summed E-state index contributed by atoms with van der Waals surface area (Å²) in [7, 11) is -3.56. The second-order valence-electron chi connectivity index (χ2n) is 12.0. The van der Waals surface area contributed by atoms with Crippen molar-refractivity contribution >= 4 is 15.6 Å². The molecule has 0 aromatic carbocycles. The van der Waals surface area contributed by atoms with Crippen LogP contribution in [0.4, 0.5) is 0 Å². The van der Waals surface area contributed by atoms with Gasteiger partial charge in [0, 0.05) is 24.5 Å². The molecule has 192 valence electrons. The van der Waals surface area contributed by atoms with Gasteiger partial charge in [-0.2, -0.15) is 0 Å². The van der Waals surface area contributed by atoms with Gasteiger partial charge in [0.25, 0.3) is 0 Å². The smallest absolute Gasteiger partial charge is 0.242 e. The van der Waals surface area contributed by atoms with E-state index < -0.39 is 10.0 Å². The van der Waals surface area contributed by atoms with Crippen molar-refractivity contribution in [1.29, 1.82) is 0 Å². The third-order valence-electron chi connectivity index (χ3n) is 7.19. The van der Waals surface area contributed by atoms with Crippen LogP contribution in [0.5, 0.6) is 0 Å². The van der Waals surface area contributed by atoms with Crippen LogP contribution < -0.4 is 4.72 Å². The molecule has 1 aliphatic carbocycles. The van der Waals surface area contributed by atoms with E-state index >= 15 is 0 Å². The average Bonchev–Trinajstić information content (AvgIpc) is 3.04. The van der Waals surface area contributed by atoms with Crippen LogP contribution in [0.1, 0.15) is 98.9 Å². The van der Waals surface area contributed by atoms with Crippen LogP contribution >= 0.6 is 0 Å². The Morgan fingerprint density at radius 3 is 2.18 bits per heavy atom. The number of aromatic nitrogens is 1. The standard InChI is InChI=1S/C29H48N2O2S/c1-11-30-34(32,33)27-19-26(31(23(27)4)20-24-15-13-12-14-16-24)21(2)17-25(29(8,9)10)18-22(3)28(5,6)7/h17-19,24,30H,2,11-16,20H2,1,3-10H3/b22-18+,25-17+. The first-order valence-electron chi connectivity index (χ1n) is 12.9. The van der Waals surface area contributed by atoms with E-state index in [2.05, 4.69) is 76.5 Å². The summed E-state index contributed by atoms with van der Waals surface area (Å²) in [5.74, 6) is 0.579. The quantitative estimate of drug-likeness (QED) is 0.382. The first-order chi connectivity index (χ1) is 15.6. The van der Waals surface area contributed by atoms with Gasteiger partial charge in [-0.25, -0.2) is 13.1 Å². The molecule has 1 fully saturated rings. The molecule has 0 radical (unpaired) electrons. The second-order valence-corrected chi connectivity index (χ2v) is 13.8. The SMILES string of the molecule is C=C(/C=C(\C=C(/C)C(C)(C)C)C(C)(C)C)c1cc(S(=O)(=O)NCC)c(C)n1CC1CCCCC1. The first kappa shape index (κ1) is 28.6. The maximum absolute atomic E-state index is 13.0. The third-order valence-corrected chi connectivity index (χ3v) is 8.85. The summed E-state index contributed by atoms with van der Waals surface area (Å²) < 4.78 is 30.9. The zero-order valence-corrected chi connectivity index (χ0v) is 24.0. The molecule has 0 bridgehead atoms. The highest BCUT2D eigenvalue weighted by atomic mass is 32.2. The van der Waals surface area contributed by atoms with Crippen molar-refractivity contribution in [2.75, 3.05) is 6.54 Å². The molecule has 1 saturated carbocycles. The van der Waals surface area contributed by atoms with E-state index in [9.17, 15) is 8.42 Å². The van der Waals surface area contributed by atoms with Crippen molar-refractivity contribution in [2.45, 2.75) is 106 Å². The van der Waals surface area contributed by atoms with Crippen molar-refractivity contribution in [2.24, 2.45) is 16.7 Å². The molecule has 1 N–H and O–H groups in total. The molecule has 34 heavy (non-hydrogen) atoms. The number of hydrogen-bond acceptors (Lipinski definition) is 2. The lowest BCUT2D eigenvalue weighted by Crippen LogP contribution is -2.24. The Kier molecular flexibility index (Phi) is 9.26. The summed E-state index contributed by atoms with van der Waals surface area (Å²) in [6.07, 6.45) is 10.7. The Morgan fingerprint density at radius 1 is 1.09 bits per heavy atom. The maximum atomic E-state index is 13.0. The topological polar surface area (TPSA) is 51.1 Å². The predicted molar refractivity (Wildman–Crippen MR) is 146 cm³/mol. The summed E-state index contributed by atoms with van der Waals surface area (Å²) in [5.41, 5.74) is 5.09. The number of hydrogen-bond donors (Lipinski definition) is 1. The molecule has 2 rings (SSSR count). The molecule has 0 unspecified atom stereocenters. The van der Waals surface area contributed by atoms with Crippen LogP contribution in [-0.2, 0) is 16.6 Å². The van der Waals surface area contributed by atoms with E-state index in [1.165, 1.54) is 43.3 Å². The number of sulfonamides is 1. The van der Waals surface area contributed by atoms with Crippen molar-refractivity contribution in [3.05, 3.63) is 47.3 Å². The average molecular weight is 489 g/mol. The highest BCUT2D eigenvalue weighted by molar-refractivity contribution is 7.89. The lowest BCUT2D eigenvalue weighted by Gasteiger charge is -2.26. The minimum Gasteiger partial charge on any atom is -0.343 e. The van der Waals surface area contributed by atoms with Gasteiger partial charge in [0.15, 0.2) is 0 Å². The molecule has 1 aromatic rings. The molecular weight excluding hydrogens is 440 g/mol. The van der Waals surface area contributed by atoms with Crippen molar-refractivity contribution in [3.8, 4) is 0 Å². The molecule has 0 aliphatic heterocycles. The minimum atomic E-state index is -3.56. The van der Waals surface area contributed by atoms with Crippen LogP contribution in [0.2, 0.25) is 0 Å².